The van der Waals surface area contributed by atoms with Gasteiger partial charge in [0.25, 0.3) is 0 Å². The molecular weight excluding hydrogens is 193 g/mol. The van der Waals surface area contributed by atoms with Crippen molar-refractivity contribution in [2.75, 3.05) is 25.6 Å². The second kappa shape index (κ2) is 5.04. The Bertz CT molecular complexity index is 280. The first-order chi connectivity index (χ1) is 6.24. The molecule has 1 rings (SSSR count). The van der Waals surface area contributed by atoms with E-state index in [0.717, 1.165) is 5.69 Å². The lowest BCUT2D eigenvalue weighted by molar-refractivity contribution is 0.211. The molecule has 0 aliphatic carbocycles. The molecule has 0 atom stereocenters. The molecule has 0 saturated heterocycles. The van der Waals surface area contributed by atoms with Gasteiger partial charge in [-0.15, -0.1) is 0 Å². The average molecular weight is 204 g/mol. The van der Waals surface area contributed by atoms with Crippen LogP contribution in [0.1, 0.15) is 0 Å². The van der Waals surface area contributed by atoms with Crippen LogP contribution in [0.15, 0.2) is 18.2 Å². The zero-order chi connectivity index (χ0) is 9.68. The molecule has 2 nitrogen and oxygen atoms in total. The van der Waals surface area contributed by atoms with Crippen molar-refractivity contribution in [2.24, 2.45) is 0 Å². The van der Waals surface area contributed by atoms with Gasteiger partial charge in [0.2, 0.25) is 0 Å². The molecule has 0 spiro atoms. The summed E-state index contributed by atoms with van der Waals surface area (Å²) in [5, 5.41) is 3.16. The lowest BCUT2D eigenvalue weighted by atomic mass is 10.3. The van der Waals surface area contributed by atoms with E-state index in [1.165, 1.54) is 6.07 Å². The second-order valence-corrected chi connectivity index (χ2v) is 2.96. The van der Waals surface area contributed by atoms with Crippen molar-refractivity contribution < 1.29 is 9.13 Å². The van der Waals surface area contributed by atoms with Crippen LogP contribution in [0.4, 0.5) is 10.1 Å². The summed E-state index contributed by atoms with van der Waals surface area (Å²) in [5.41, 5.74) is 0.795. The van der Waals surface area contributed by atoms with Crippen LogP contribution in [0.25, 0.3) is 0 Å². The summed E-state index contributed by atoms with van der Waals surface area (Å²) >= 11 is 5.58. The van der Waals surface area contributed by atoms with Crippen molar-refractivity contribution in [3.05, 3.63) is 29.0 Å². The van der Waals surface area contributed by atoms with E-state index in [4.69, 9.17) is 16.3 Å². The number of methoxy groups -OCH3 is 1. The summed E-state index contributed by atoms with van der Waals surface area (Å²) in [4.78, 5) is 0. The highest BCUT2D eigenvalue weighted by molar-refractivity contribution is 6.31. The van der Waals surface area contributed by atoms with Gasteiger partial charge >= 0.3 is 0 Å². The quantitative estimate of drug-likeness (QED) is 0.760. The Morgan fingerprint density at radius 1 is 1.54 bits per heavy atom. The Labute approximate surface area is 81.7 Å². The minimum Gasteiger partial charge on any atom is -0.383 e. The van der Waals surface area contributed by atoms with Crippen LogP contribution < -0.4 is 5.32 Å². The largest absolute Gasteiger partial charge is 0.383 e. The predicted molar refractivity (Wildman–Crippen MR) is 51.8 cm³/mol. The Hall–Kier alpha value is -0.800. The molecule has 4 heteroatoms. The lowest BCUT2D eigenvalue weighted by Crippen LogP contribution is -2.07. The fourth-order valence-corrected chi connectivity index (χ4v) is 1.08. The monoisotopic (exact) mass is 203 g/mol. The molecule has 0 aromatic heterocycles. The molecule has 0 bridgehead atoms. The number of halogens is 2. The molecular formula is C9H11ClFNO. The molecule has 1 aromatic rings. The van der Waals surface area contributed by atoms with Gasteiger partial charge in [-0.1, -0.05) is 11.6 Å². The molecule has 0 unspecified atom stereocenters. The molecule has 0 heterocycles. The third kappa shape index (κ3) is 3.20. The SMILES string of the molecule is COCCNc1ccc(F)c(Cl)c1. The number of nitrogens with one attached hydrogen (secondary N) is 1. The number of anilines is 1. The summed E-state index contributed by atoms with van der Waals surface area (Å²) in [6.07, 6.45) is 0. The van der Waals surface area contributed by atoms with Crippen LogP contribution in [-0.2, 0) is 4.74 Å². The smallest absolute Gasteiger partial charge is 0.141 e. The minimum absolute atomic E-state index is 0.127. The second-order valence-electron chi connectivity index (χ2n) is 2.55. The molecule has 13 heavy (non-hydrogen) atoms. The fourth-order valence-electron chi connectivity index (χ4n) is 0.904. The summed E-state index contributed by atoms with van der Waals surface area (Å²) in [6, 6.07) is 4.51. The molecule has 0 amide bonds. The molecule has 72 valence electrons. The van der Waals surface area contributed by atoms with E-state index in [0.29, 0.717) is 13.2 Å². The first-order valence-electron chi connectivity index (χ1n) is 3.92. The van der Waals surface area contributed by atoms with Crippen LogP contribution in [-0.4, -0.2) is 20.3 Å². The highest BCUT2D eigenvalue weighted by atomic mass is 35.5. The van der Waals surface area contributed by atoms with Gasteiger partial charge < -0.3 is 10.1 Å². The normalized spacial score (nSPS) is 10.1. The van der Waals surface area contributed by atoms with Crippen LogP contribution in [0.2, 0.25) is 5.02 Å². The molecule has 0 fully saturated rings. The molecule has 0 aliphatic rings. The topological polar surface area (TPSA) is 21.3 Å². The predicted octanol–water partition coefficient (Wildman–Crippen LogP) is 2.54. The van der Waals surface area contributed by atoms with E-state index in [1.807, 2.05) is 0 Å². The zero-order valence-electron chi connectivity index (χ0n) is 7.31. The number of hydrogen-bond acceptors (Lipinski definition) is 2. The van der Waals surface area contributed by atoms with E-state index >= 15 is 0 Å². The minimum atomic E-state index is -0.404. The van der Waals surface area contributed by atoms with Crippen molar-refractivity contribution in [1.29, 1.82) is 0 Å². The van der Waals surface area contributed by atoms with Crippen molar-refractivity contribution in [3.8, 4) is 0 Å². The Kier molecular flexibility index (Phi) is 3.99. The van der Waals surface area contributed by atoms with Gasteiger partial charge in [-0.2, -0.15) is 0 Å². The van der Waals surface area contributed by atoms with Gasteiger partial charge in [0.15, 0.2) is 0 Å². The van der Waals surface area contributed by atoms with Gasteiger partial charge in [0.05, 0.1) is 11.6 Å². The summed E-state index contributed by atoms with van der Waals surface area (Å²) in [7, 11) is 1.62. The van der Waals surface area contributed by atoms with Gasteiger partial charge in [-0.25, -0.2) is 4.39 Å². The van der Waals surface area contributed by atoms with Crippen LogP contribution >= 0.6 is 11.6 Å². The highest BCUT2D eigenvalue weighted by Gasteiger charge is 1.99. The van der Waals surface area contributed by atoms with Crippen LogP contribution in [0.5, 0.6) is 0 Å². The highest BCUT2D eigenvalue weighted by Crippen LogP contribution is 2.18. The maximum atomic E-state index is 12.7. The third-order valence-corrected chi connectivity index (χ3v) is 1.84. The fraction of sp³-hybridized carbons (Fsp3) is 0.333. The van der Waals surface area contributed by atoms with E-state index in [-0.39, 0.29) is 5.02 Å². The first-order valence-corrected chi connectivity index (χ1v) is 4.29. The van der Waals surface area contributed by atoms with E-state index in [1.54, 1.807) is 19.2 Å². The molecule has 1 N–H and O–H groups in total. The lowest BCUT2D eigenvalue weighted by Gasteiger charge is -2.05. The molecule has 0 saturated carbocycles. The summed E-state index contributed by atoms with van der Waals surface area (Å²) < 4.78 is 17.6. The summed E-state index contributed by atoms with van der Waals surface area (Å²) in [6.45, 7) is 1.29. The number of rotatable bonds is 4. The van der Waals surface area contributed by atoms with Gasteiger partial charge in [0.1, 0.15) is 5.82 Å². The number of hydrogen-bond donors (Lipinski definition) is 1. The average Bonchev–Trinajstić information content (AvgIpc) is 2.12. The van der Waals surface area contributed by atoms with E-state index in [2.05, 4.69) is 5.32 Å². The van der Waals surface area contributed by atoms with Crippen molar-refractivity contribution >= 4 is 17.3 Å². The summed E-state index contributed by atoms with van der Waals surface area (Å²) in [5.74, 6) is -0.404. The molecule has 1 aromatic carbocycles. The Balaban J connectivity index is 2.53. The molecule has 0 aliphatic heterocycles. The van der Waals surface area contributed by atoms with Gasteiger partial charge in [0, 0.05) is 19.3 Å². The number of ether oxygens (including phenoxy) is 1. The first kappa shape index (κ1) is 10.3. The molecule has 0 radical (unpaired) electrons. The van der Waals surface area contributed by atoms with Crippen LogP contribution in [0, 0.1) is 5.82 Å². The van der Waals surface area contributed by atoms with Crippen molar-refractivity contribution in [1.82, 2.24) is 0 Å². The standard InChI is InChI=1S/C9H11ClFNO/c1-13-5-4-12-7-2-3-9(11)8(10)6-7/h2-3,6,12H,4-5H2,1H3. The van der Waals surface area contributed by atoms with Gasteiger partial charge in [-0.05, 0) is 18.2 Å². The van der Waals surface area contributed by atoms with Gasteiger partial charge in [-0.3, -0.25) is 0 Å². The Morgan fingerprint density at radius 2 is 2.31 bits per heavy atom. The Morgan fingerprint density at radius 3 is 2.92 bits per heavy atom. The van der Waals surface area contributed by atoms with Crippen LogP contribution in [0.3, 0.4) is 0 Å². The number of benzene rings is 1. The maximum Gasteiger partial charge on any atom is 0.141 e. The maximum absolute atomic E-state index is 12.7. The van der Waals surface area contributed by atoms with E-state index in [9.17, 15) is 4.39 Å². The zero-order valence-corrected chi connectivity index (χ0v) is 8.07. The van der Waals surface area contributed by atoms with Crippen molar-refractivity contribution in [3.63, 3.8) is 0 Å². The third-order valence-electron chi connectivity index (χ3n) is 1.55. The van der Waals surface area contributed by atoms with E-state index < -0.39 is 5.82 Å². The van der Waals surface area contributed by atoms with Crippen molar-refractivity contribution in [2.45, 2.75) is 0 Å².